The number of morpholine rings is 1. The number of carbonyl (C=O) groups excluding carboxylic acids is 1. The van der Waals surface area contributed by atoms with Crippen LogP contribution in [0.3, 0.4) is 0 Å². The Morgan fingerprint density at radius 3 is 2.72 bits per heavy atom. The number of methoxy groups -OCH3 is 1. The number of aliphatic hydroxyl groups excluding tert-OH is 1. The summed E-state index contributed by atoms with van der Waals surface area (Å²) in [6, 6.07) is -0.161. The number of nitrogens with zero attached hydrogens (tertiary/aromatic N) is 1. The Morgan fingerprint density at radius 1 is 1.39 bits per heavy atom. The molecule has 1 heterocycles. The molecule has 2 fully saturated rings. The Labute approximate surface area is 108 Å². The molecule has 0 bridgehead atoms. The van der Waals surface area contributed by atoms with Crippen molar-refractivity contribution in [3.05, 3.63) is 0 Å². The molecular weight excluding hydrogens is 234 g/mol. The summed E-state index contributed by atoms with van der Waals surface area (Å²) in [7, 11) is 1.73. The fourth-order valence-electron chi connectivity index (χ4n) is 2.88. The van der Waals surface area contributed by atoms with Crippen LogP contribution in [0.4, 0.5) is 0 Å². The highest BCUT2D eigenvalue weighted by molar-refractivity contribution is 5.79. The maximum Gasteiger partial charge on any atom is 0.226 e. The number of rotatable bonds is 3. The molecule has 2 aliphatic rings. The van der Waals surface area contributed by atoms with Crippen molar-refractivity contribution in [3.63, 3.8) is 0 Å². The van der Waals surface area contributed by atoms with E-state index >= 15 is 0 Å². The van der Waals surface area contributed by atoms with Gasteiger partial charge in [-0.3, -0.25) is 4.79 Å². The predicted molar refractivity (Wildman–Crippen MR) is 66.2 cm³/mol. The van der Waals surface area contributed by atoms with Gasteiger partial charge in [0.1, 0.15) is 0 Å². The smallest absolute Gasteiger partial charge is 0.226 e. The first kappa shape index (κ1) is 13.8. The van der Waals surface area contributed by atoms with E-state index in [0.29, 0.717) is 25.9 Å². The maximum atomic E-state index is 12.4. The van der Waals surface area contributed by atoms with Crippen molar-refractivity contribution in [1.29, 1.82) is 0 Å². The van der Waals surface area contributed by atoms with Crippen LogP contribution < -0.4 is 0 Å². The molecule has 0 aromatic rings. The second kappa shape index (κ2) is 6.50. The van der Waals surface area contributed by atoms with Crippen LogP contribution in [0.2, 0.25) is 0 Å². The SMILES string of the molecule is COC1CCC(C(=O)N2CCOCC2CO)CC1. The number of ether oxygens (including phenoxy) is 2. The van der Waals surface area contributed by atoms with Crippen LogP contribution >= 0.6 is 0 Å². The molecule has 2 rings (SSSR count). The van der Waals surface area contributed by atoms with Gasteiger partial charge in [0.2, 0.25) is 5.91 Å². The molecular formula is C13H23NO4. The minimum atomic E-state index is -0.161. The summed E-state index contributed by atoms with van der Waals surface area (Å²) in [6.45, 7) is 1.62. The molecule has 5 nitrogen and oxygen atoms in total. The highest BCUT2D eigenvalue weighted by Gasteiger charge is 2.33. The number of hydrogen-bond donors (Lipinski definition) is 1. The molecule has 0 radical (unpaired) electrons. The Balaban J connectivity index is 1.90. The van der Waals surface area contributed by atoms with Gasteiger partial charge in [-0.15, -0.1) is 0 Å². The zero-order valence-corrected chi connectivity index (χ0v) is 11.0. The zero-order valence-electron chi connectivity index (χ0n) is 11.0. The molecule has 5 heteroatoms. The van der Waals surface area contributed by atoms with Crippen LogP contribution in [0, 0.1) is 5.92 Å². The first-order chi connectivity index (χ1) is 8.76. The Hall–Kier alpha value is -0.650. The zero-order chi connectivity index (χ0) is 13.0. The van der Waals surface area contributed by atoms with Crippen LogP contribution in [-0.4, -0.2) is 61.5 Å². The molecule has 1 saturated carbocycles. The molecule has 1 amide bonds. The molecule has 1 atom stereocenters. The molecule has 1 N–H and O–H groups in total. The normalized spacial score (nSPS) is 33.4. The quantitative estimate of drug-likeness (QED) is 0.795. The van der Waals surface area contributed by atoms with Gasteiger partial charge in [-0.2, -0.15) is 0 Å². The summed E-state index contributed by atoms with van der Waals surface area (Å²) in [5.41, 5.74) is 0. The third-order valence-corrected chi connectivity index (χ3v) is 4.08. The van der Waals surface area contributed by atoms with Gasteiger partial charge >= 0.3 is 0 Å². The molecule has 0 aromatic heterocycles. The van der Waals surface area contributed by atoms with E-state index in [1.54, 1.807) is 12.0 Å². The van der Waals surface area contributed by atoms with E-state index < -0.39 is 0 Å². The Morgan fingerprint density at radius 2 is 2.11 bits per heavy atom. The Bertz CT molecular complexity index is 276. The number of hydrogen-bond acceptors (Lipinski definition) is 4. The second-order valence-electron chi connectivity index (χ2n) is 5.15. The van der Waals surface area contributed by atoms with Crippen molar-refractivity contribution in [2.24, 2.45) is 5.92 Å². The number of aliphatic hydroxyl groups is 1. The molecule has 0 aromatic carbocycles. The Kier molecular flexibility index (Phi) is 4.97. The van der Waals surface area contributed by atoms with E-state index in [1.165, 1.54) is 0 Å². The van der Waals surface area contributed by atoms with Crippen molar-refractivity contribution in [2.75, 3.05) is 33.5 Å². The molecule has 18 heavy (non-hydrogen) atoms. The van der Waals surface area contributed by atoms with Crippen LogP contribution in [0.1, 0.15) is 25.7 Å². The minimum Gasteiger partial charge on any atom is -0.394 e. The van der Waals surface area contributed by atoms with Gasteiger partial charge in [0, 0.05) is 19.6 Å². The maximum absolute atomic E-state index is 12.4. The predicted octanol–water partition coefficient (Wildman–Crippen LogP) is 0.411. The van der Waals surface area contributed by atoms with Crippen molar-refractivity contribution in [1.82, 2.24) is 4.90 Å². The summed E-state index contributed by atoms with van der Waals surface area (Å²) < 4.78 is 10.6. The summed E-state index contributed by atoms with van der Waals surface area (Å²) in [4.78, 5) is 14.2. The topological polar surface area (TPSA) is 59.0 Å². The highest BCUT2D eigenvalue weighted by Crippen LogP contribution is 2.28. The summed E-state index contributed by atoms with van der Waals surface area (Å²) in [6.07, 6.45) is 4.02. The molecule has 104 valence electrons. The van der Waals surface area contributed by atoms with Crippen LogP contribution in [0.25, 0.3) is 0 Å². The van der Waals surface area contributed by atoms with E-state index in [2.05, 4.69) is 0 Å². The highest BCUT2D eigenvalue weighted by atomic mass is 16.5. The van der Waals surface area contributed by atoms with Crippen molar-refractivity contribution < 1.29 is 19.4 Å². The van der Waals surface area contributed by atoms with Crippen molar-refractivity contribution >= 4 is 5.91 Å². The molecule has 1 aliphatic carbocycles. The number of amides is 1. The van der Waals surface area contributed by atoms with Crippen LogP contribution in [0.5, 0.6) is 0 Å². The molecule has 1 saturated heterocycles. The summed E-state index contributed by atoms with van der Waals surface area (Å²) >= 11 is 0. The van der Waals surface area contributed by atoms with Crippen LogP contribution in [-0.2, 0) is 14.3 Å². The molecule has 1 unspecified atom stereocenters. The van der Waals surface area contributed by atoms with Crippen LogP contribution in [0.15, 0.2) is 0 Å². The molecule has 0 spiro atoms. The van der Waals surface area contributed by atoms with Crippen molar-refractivity contribution in [2.45, 2.75) is 37.8 Å². The standard InChI is InChI=1S/C13H23NO4/c1-17-12-4-2-10(3-5-12)13(16)14-6-7-18-9-11(14)8-15/h10-12,15H,2-9H2,1H3. The van der Waals surface area contributed by atoms with Gasteiger partial charge in [-0.25, -0.2) is 0 Å². The van der Waals surface area contributed by atoms with E-state index in [9.17, 15) is 9.90 Å². The van der Waals surface area contributed by atoms with E-state index in [1.807, 2.05) is 0 Å². The third-order valence-electron chi connectivity index (χ3n) is 4.08. The average molecular weight is 257 g/mol. The number of carbonyl (C=O) groups is 1. The van der Waals surface area contributed by atoms with Crippen molar-refractivity contribution in [3.8, 4) is 0 Å². The third kappa shape index (κ3) is 3.02. The van der Waals surface area contributed by atoms with Gasteiger partial charge < -0.3 is 19.5 Å². The van der Waals surface area contributed by atoms with Gasteiger partial charge in [0.15, 0.2) is 0 Å². The molecule has 1 aliphatic heterocycles. The lowest BCUT2D eigenvalue weighted by Gasteiger charge is -2.38. The summed E-state index contributed by atoms with van der Waals surface area (Å²) in [5.74, 6) is 0.287. The summed E-state index contributed by atoms with van der Waals surface area (Å²) in [5, 5.41) is 9.29. The lowest BCUT2D eigenvalue weighted by molar-refractivity contribution is -0.147. The first-order valence-corrected chi connectivity index (χ1v) is 6.78. The lowest BCUT2D eigenvalue weighted by atomic mass is 9.86. The fraction of sp³-hybridized carbons (Fsp3) is 0.923. The van der Waals surface area contributed by atoms with Gasteiger partial charge in [-0.1, -0.05) is 0 Å². The first-order valence-electron chi connectivity index (χ1n) is 6.78. The lowest BCUT2D eigenvalue weighted by Crippen LogP contribution is -2.52. The van der Waals surface area contributed by atoms with E-state index in [0.717, 1.165) is 25.7 Å². The monoisotopic (exact) mass is 257 g/mol. The second-order valence-corrected chi connectivity index (χ2v) is 5.15. The van der Waals surface area contributed by atoms with Gasteiger partial charge in [-0.05, 0) is 25.7 Å². The fourth-order valence-corrected chi connectivity index (χ4v) is 2.88. The van der Waals surface area contributed by atoms with E-state index in [-0.39, 0.29) is 24.5 Å². The minimum absolute atomic E-state index is 0.0147. The van der Waals surface area contributed by atoms with E-state index in [4.69, 9.17) is 9.47 Å². The van der Waals surface area contributed by atoms with Gasteiger partial charge in [0.05, 0.1) is 32.0 Å². The average Bonchev–Trinajstić information content (AvgIpc) is 2.46. The largest absolute Gasteiger partial charge is 0.394 e. The van der Waals surface area contributed by atoms with Gasteiger partial charge in [0.25, 0.3) is 0 Å².